The number of hydrogen-bond acceptors (Lipinski definition) is 6. The number of aliphatic hydroxyl groups excluding tert-OH is 1. The molecule has 35 heavy (non-hydrogen) atoms. The van der Waals surface area contributed by atoms with Crippen molar-refractivity contribution in [2.24, 2.45) is 0 Å². The van der Waals surface area contributed by atoms with Crippen molar-refractivity contribution < 1.29 is 28.3 Å². The number of halogens is 1. The molecule has 1 aliphatic rings. The van der Waals surface area contributed by atoms with Crippen molar-refractivity contribution in [3.8, 4) is 17.2 Å². The van der Waals surface area contributed by atoms with Crippen LogP contribution in [0.15, 0.2) is 58.9 Å². The molecule has 3 rings (SSSR count). The number of nitrogens with zero attached hydrogens (tertiary/aromatic N) is 2. The lowest BCUT2D eigenvalue weighted by Gasteiger charge is -2.45. The van der Waals surface area contributed by atoms with Crippen molar-refractivity contribution in [1.29, 1.82) is 0 Å². The molecule has 190 valence electrons. The van der Waals surface area contributed by atoms with E-state index in [4.69, 9.17) is 25.8 Å². The number of amides is 1. The monoisotopic (exact) mass is 522 g/mol. The molecule has 0 aliphatic carbocycles. The number of benzene rings is 2. The largest absolute Gasteiger partial charge is 0.506 e. The van der Waals surface area contributed by atoms with Crippen LogP contribution in [0.5, 0.6) is 17.2 Å². The normalized spacial score (nSPS) is 15.9. The average Bonchev–Trinajstić information content (AvgIpc) is 2.85. The predicted molar refractivity (Wildman–Crippen MR) is 135 cm³/mol. The second-order valence-electron chi connectivity index (χ2n) is 7.94. The fourth-order valence-electron chi connectivity index (χ4n) is 3.82. The van der Waals surface area contributed by atoms with Crippen LogP contribution in [-0.2, 0) is 15.8 Å². The summed E-state index contributed by atoms with van der Waals surface area (Å²) >= 11 is 6.11. The van der Waals surface area contributed by atoms with Crippen molar-refractivity contribution >= 4 is 28.5 Å². The third kappa shape index (κ3) is 6.02. The summed E-state index contributed by atoms with van der Waals surface area (Å²) in [6, 6.07) is 11.5. The van der Waals surface area contributed by atoms with Crippen LogP contribution in [0.2, 0.25) is 5.02 Å². The average molecular weight is 523 g/mol. The molecule has 2 unspecified atom stereocenters. The van der Waals surface area contributed by atoms with Gasteiger partial charge in [0.1, 0.15) is 18.4 Å². The SMILES string of the molecule is CCCCC1C(O)=C(N(CCOc2ccc(OC)c(OC)c2)C(C)=O)N1S(=O)c1cccc(Cl)c1. The van der Waals surface area contributed by atoms with E-state index in [2.05, 4.69) is 0 Å². The highest BCUT2D eigenvalue weighted by Gasteiger charge is 2.45. The number of ether oxygens (including phenoxy) is 3. The van der Waals surface area contributed by atoms with Gasteiger partial charge in [0, 0.05) is 18.0 Å². The van der Waals surface area contributed by atoms with E-state index < -0.39 is 17.0 Å². The summed E-state index contributed by atoms with van der Waals surface area (Å²) in [4.78, 5) is 14.5. The van der Waals surface area contributed by atoms with E-state index in [0.717, 1.165) is 12.8 Å². The van der Waals surface area contributed by atoms with Crippen molar-refractivity contribution in [1.82, 2.24) is 9.21 Å². The summed E-state index contributed by atoms with van der Waals surface area (Å²) < 4.78 is 31.4. The maximum Gasteiger partial charge on any atom is 0.225 e. The number of methoxy groups -OCH3 is 2. The highest BCUT2D eigenvalue weighted by Crippen LogP contribution is 2.38. The molecule has 0 spiro atoms. The molecule has 0 saturated heterocycles. The van der Waals surface area contributed by atoms with E-state index in [1.807, 2.05) is 6.92 Å². The van der Waals surface area contributed by atoms with Gasteiger partial charge in [0.05, 0.1) is 25.7 Å². The first-order valence-electron chi connectivity index (χ1n) is 11.3. The third-order valence-electron chi connectivity index (χ3n) is 5.62. The standard InChI is InChI=1S/C25H31ClN2O6S/c1-5-6-10-21-24(30)25(28(21)35(31)20-9-7-8-18(26)15-20)27(17(2)29)13-14-34-19-11-12-22(32-3)23(16-19)33-4/h7-9,11-12,15-16,21,30H,5-6,10,13-14H2,1-4H3. The van der Waals surface area contributed by atoms with Gasteiger partial charge in [-0.05, 0) is 36.8 Å². The summed E-state index contributed by atoms with van der Waals surface area (Å²) in [6.07, 6.45) is 2.38. The van der Waals surface area contributed by atoms with Gasteiger partial charge >= 0.3 is 0 Å². The summed E-state index contributed by atoms with van der Waals surface area (Å²) in [5.74, 6) is 1.62. The summed E-state index contributed by atoms with van der Waals surface area (Å²) in [5.41, 5.74) is 0. The molecule has 2 atom stereocenters. The maximum absolute atomic E-state index is 13.5. The summed E-state index contributed by atoms with van der Waals surface area (Å²) in [6.45, 7) is 3.73. The second kappa shape index (κ2) is 12.2. The molecule has 0 saturated carbocycles. The Labute approximate surface area is 213 Å². The van der Waals surface area contributed by atoms with Gasteiger partial charge < -0.3 is 19.3 Å². The van der Waals surface area contributed by atoms with Crippen molar-refractivity contribution in [3.63, 3.8) is 0 Å². The van der Waals surface area contributed by atoms with Crippen LogP contribution in [0.4, 0.5) is 0 Å². The minimum Gasteiger partial charge on any atom is -0.506 e. The van der Waals surface area contributed by atoms with Gasteiger partial charge in [-0.1, -0.05) is 37.4 Å². The lowest BCUT2D eigenvalue weighted by Crippen LogP contribution is -2.54. The van der Waals surface area contributed by atoms with Gasteiger partial charge in [-0.25, -0.2) is 4.21 Å². The molecule has 0 radical (unpaired) electrons. The van der Waals surface area contributed by atoms with Crippen molar-refractivity contribution in [2.45, 2.75) is 44.0 Å². The van der Waals surface area contributed by atoms with Crippen molar-refractivity contribution in [3.05, 3.63) is 59.1 Å². The van der Waals surface area contributed by atoms with Gasteiger partial charge in [-0.15, -0.1) is 0 Å². The Morgan fingerprint density at radius 2 is 1.91 bits per heavy atom. The van der Waals surface area contributed by atoms with Gasteiger partial charge in [0.15, 0.2) is 34.1 Å². The maximum atomic E-state index is 13.5. The Morgan fingerprint density at radius 1 is 1.17 bits per heavy atom. The molecule has 8 nitrogen and oxygen atoms in total. The molecule has 10 heteroatoms. The molecule has 1 N–H and O–H groups in total. The van der Waals surface area contributed by atoms with Crippen LogP contribution in [-0.4, -0.2) is 57.8 Å². The summed E-state index contributed by atoms with van der Waals surface area (Å²) in [7, 11) is 1.43. The Morgan fingerprint density at radius 3 is 2.54 bits per heavy atom. The van der Waals surface area contributed by atoms with E-state index >= 15 is 0 Å². The highest BCUT2D eigenvalue weighted by atomic mass is 35.5. The van der Waals surface area contributed by atoms with Crippen molar-refractivity contribution in [2.75, 3.05) is 27.4 Å². The van der Waals surface area contributed by atoms with Crippen LogP contribution in [0.25, 0.3) is 0 Å². The van der Waals surface area contributed by atoms with E-state index in [9.17, 15) is 14.1 Å². The topological polar surface area (TPSA) is 88.5 Å². The highest BCUT2D eigenvalue weighted by molar-refractivity contribution is 7.83. The van der Waals surface area contributed by atoms with E-state index in [0.29, 0.717) is 33.6 Å². The smallest absolute Gasteiger partial charge is 0.225 e. The first kappa shape index (κ1) is 26.7. The number of hydrogen-bond donors (Lipinski definition) is 1. The second-order valence-corrected chi connectivity index (χ2v) is 9.73. The van der Waals surface area contributed by atoms with Crippen LogP contribution in [0.3, 0.4) is 0 Å². The molecule has 0 aromatic heterocycles. The Kier molecular flexibility index (Phi) is 9.28. The minimum atomic E-state index is -1.66. The Balaban J connectivity index is 1.80. The summed E-state index contributed by atoms with van der Waals surface area (Å²) in [5, 5.41) is 11.3. The zero-order valence-corrected chi connectivity index (χ0v) is 21.9. The first-order chi connectivity index (χ1) is 16.8. The number of unbranched alkanes of at least 4 members (excludes halogenated alkanes) is 1. The Bertz CT molecular complexity index is 1110. The third-order valence-corrected chi connectivity index (χ3v) is 7.30. The molecule has 2 aromatic rings. The number of carbonyl (C=O) groups is 1. The van der Waals surface area contributed by atoms with Gasteiger partial charge in [-0.3, -0.25) is 14.0 Å². The molecule has 0 fully saturated rings. The van der Waals surface area contributed by atoms with Crippen LogP contribution in [0.1, 0.15) is 33.1 Å². The fraction of sp³-hybridized carbons (Fsp3) is 0.400. The van der Waals surface area contributed by atoms with Crippen LogP contribution in [0, 0.1) is 0 Å². The van der Waals surface area contributed by atoms with E-state index in [1.165, 1.54) is 18.9 Å². The minimum absolute atomic E-state index is 0.0511. The molecular weight excluding hydrogens is 492 g/mol. The quantitative estimate of drug-likeness (QED) is 0.426. The number of rotatable bonds is 12. The zero-order valence-electron chi connectivity index (χ0n) is 20.3. The van der Waals surface area contributed by atoms with Gasteiger partial charge in [-0.2, -0.15) is 0 Å². The molecule has 1 amide bonds. The first-order valence-corrected chi connectivity index (χ1v) is 12.8. The van der Waals surface area contributed by atoms with E-state index in [1.54, 1.807) is 53.9 Å². The van der Waals surface area contributed by atoms with Gasteiger partial charge in [0.2, 0.25) is 5.91 Å². The number of aliphatic hydroxyl groups is 1. The number of carbonyl (C=O) groups excluding carboxylic acids is 1. The van der Waals surface area contributed by atoms with Crippen LogP contribution < -0.4 is 14.2 Å². The zero-order chi connectivity index (χ0) is 25.5. The molecular formula is C25H31ClN2O6S. The van der Waals surface area contributed by atoms with Gasteiger partial charge in [0.25, 0.3) is 0 Å². The van der Waals surface area contributed by atoms with Crippen LogP contribution >= 0.6 is 11.6 Å². The molecule has 1 heterocycles. The molecule has 2 aromatic carbocycles. The Hall–Kier alpha value is -2.91. The molecule has 1 aliphatic heterocycles. The lowest BCUT2D eigenvalue weighted by atomic mass is 10.0. The molecule has 0 bridgehead atoms. The predicted octanol–water partition coefficient (Wildman–Crippen LogP) is 4.91. The fourth-order valence-corrected chi connectivity index (χ4v) is 5.51. The lowest BCUT2D eigenvalue weighted by molar-refractivity contribution is -0.129. The van der Waals surface area contributed by atoms with E-state index in [-0.39, 0.29) is 30.6 Å².